The van der Waals surface area contributed by atoms with Crippen molar-refractivity contribution in [2.24, 2.45) is 4.99 Å². The van der Waals surface area contributed by atoms with Crippen LogP contribution in [0.4, 0.5) is 10.1 Å². The third kappa shape index (κ3) is 5.30. The second kappa shape index (κ2) is 9.70. The molecule has 1 aliphatic rings. The summed E-state index contributed by atoms with van der Waals surface area (Å²) in [6.07, 6.45) is 1.75. The van der Waals surface area contributed by atoms with Crippen LogP contribution in [-0.4, -0.2) is 34.1 Å². The molecule has 0 spiro atoms. The molecule has 0 aromatic heterocycles. The Morgan fingerprint density at radius 3 is 2.61 bits per heavy atom. The highest BCUT2D eigenvalue weighted by molar-refractivity contribution is 8.18. The van der Waals surface area contributed by atoms with Crippen LogP contribution in [0, 0.1) is 5.82 Å². The number of carbonyl (C=O) groups is 2. The molecule has 1 heterocycles. The number of benzene rings is 3. The number of amides is 1. The minimum Gasteiger partial charge on any atom is -0.489 e. The zero-order valence-corrected chi connectivity index (χ0v) is 18.4. The number of nitrogens with zero attached hydrogens (tertiary/aromatic N) is 2. The van der Waals surface area contributed by atoms with E-state index in [0.29, 0.717) is 27.1 Å². The first-order valence-corrected chi connectivity index (χ1v) is 10.8. The number of aromatic carboxylic acids is 1. The average molecular weight is 463 g/mol. The van der Waals surface area contributed by atoms with E-state index in [1.165, 1.54) is 34.9 Å². The molecule has 1 N–H and O–H groups in total. The molecule has 0 bridgehead atoms. The number of likely N-dealkylation sites (N-methyl/N-ethyl adjacent to an activating group) is 1. The molecule has 0 atom stereocenters. The van der Waals surface area contributed by atoms with E-state index in [1.807, 2.05) is 12.1 Å². The van der Waals surface area contributed by atoms with Crippen LogP contribution in [-0.2, 0) is 11.4 Å². The van der Waals surface area contributed by atoms with E-state index in [1.54, 1.807) is 55.6 Å². The molecule has 8 heteroatoms. The molecule has 1 aliphatic heterocycles. The third-order valence-electron chi connectivity index (χ3n) is 4.85. The van der Waals surface area contributed by atoms with Crippen LogP contribution in [0.25, 0.3) is 6.08 Å². The Morgan fingerprint density at radius 1 is 1.12 bits per heavy atom. The Hall–Kier alpha value is -3.91. The van der Waals surface area contributed by atoms with Crippen LogP contribution in [0.2, 0.25) is 0 Å². The molecule has 0 saturated carbocycles. The van der Waals surface area contributed by atoms with Crippen LogP contribution in [0.3, 0.4) is 0 Å². The van der Waals surface area contributed by atoms with Crippen molar-refractivity contribution < 1.29 is 23.8 Å². The van der Waals surface area contributed by atoms with Gasteiger partial charge in [-0.2, -0.15) is 0 Å². The summed E-state index contributed by atoms with van der Waals surface area (Å²) in [5, 5.41) is 9.60. The van der Waals surface area contributed by atoms with Gasteiger partial charge in [-0.25, -0.2) is 14.2 Å². The summed E-state index contributed by atoms with van der Waals surface area (Å²) in [5.41, 5.74) is 1.85. The maximum absolute atomic E-state index is 13.7. The van der Waals surface area contributed by atoms with Gasteiger partial charge in [0.05, 0.1) is 16.2 Å². The van der Waals surface area contributed by atoms with Crippen LogP contribution < -0.4 is 4.74 Å². The number of thioether (sulfide) groups is 1. The van der Waals surface area contributed by atoms with Gasteiger partial charge in [-0.15, -0.1) is 0 Å². The fourth-order valence-corrected chi connectivity index (χ4v) is 4.05. The normalized spacial score (nSPS) is 15.9. The molecule has 166 valence electrons. The molecule has 1 amide bonds. The van der Waals surface area contributed by atoms with Gasteiger partial charge >= 0.3 is 5.97 Å². The Kier molecular flexibility index (Phi) is 6.55. The summed E-state index contributed by atoms with van der Waals surface area (Å²) >= 11 is 1.21. The van der Waals surface area contributed by atoms with E-state index in [0.717, 1.165) is 5.56 Å². The number of amidine groups is 1. The van der Waals surface area contributed by atoms with Crippen molar-refractivity contribution in [3.8, 4) is 5.75 Å². The molecular formula is C25H19FN2O4S. The standard InChI is InChI=1S/C25H19FN2O4S/c1-28-23(29)22(33-25(28)27-19-7-4-6-17(14-19)24(30)31)13-16-9-11-20(12-10-16)32-15-18-5-2-3-8-21(18)26/h2-14H,15H2,1H3,(H,30,31)/b22-13-,27-25?. The van der Waals surface area contributed by atoms with E-state index < -0.39 is 5.97 Å². The number of carbonyl (C=O) groups excluding carboxylic acids is 1. The average Bonchev–Trinajstić information content (AvgIpc) is 3.07. The largest absolute Gasteiger partial charge is 0.489 e. The van der Waals surface area contributed by atoms with Gasteiger partial charge in [0.1, 0.15) is 18.2 Å². The lowest BCUT2D eigenvalue weighted by Crippen LogP contribution is -2.23. The molecule has 3 aromatic carbocycles. The SMILES string of the molecule is CN1C(=O)/C(=C/c2ccc(OCc3ccccc3F)cc2)SC1=Nc1cccc(C(=O)O)c1. The topological polar surface area (TPSA) is 79.2 Å². The smallest absolute Gasteiger partial charge is 0.335 e. The predicted octanol–water partition coefficient (Wildman–Crippen LogP) is 5.34. The number of carboxylic acid groups (broad SMARTS) is 1. The zero-order chi connectivity index (χ0) is 23.4. The summed E-state index contributed by atoms with van der Waals surface area (Å²) in [6.45, 7) is 0.120. The maximum Gasteiger partial charge on any atom is 0.335 e. The molecule has 0 aliphatic carbocycles. The third-order valence-corrected chi connectivity index (χ3v) is 5.91. The van der Waals surface area contributed by atoms with Crippen LogP contribution >= 0.6 is 11.8 Å². The fraction of sp³-hybridized carbons (Fsp3) is 0.0800. The molecule has 1 saturated heterocycles. The van der Waals surface area contributed by atoms with E-state index in [9.17, 15) is 14.0 Å². The van der Waals surface area contributed by atoms with E-state index in [2.05, 4.69) is 4.99 Å². The van der Waals surface area contributed by atoms with Gasteiger partial charge < -0.3 is 9.84 Å². The lowest BCUT2D eigenvalue weighted by atomic mass is 10.2. The van der Waals surface area contributed by atoms with Gasteiger partial charge in [-0.1, -0.05) is 36.4 Å². The van der Waals surface area contributed by atoms with Crippen LogP contribution in [0.5, 0.6) is 5.75 Å². The molecule has 0 unspecified atom stereocenters. The van der Waals surface area contributed by atoms with Gasteiger partial charge in [0.25, 0.3) is 5.91 Å². The number of aliphatic imine (C=N–C) groups is 1. The monoisotopic (exact) mass is 462 g/mol. The van der Waals surface area contributed by atoms with Crippen molar-refractivity contribution in [2.75, 3.05) is 7.05 Å². The van der Waals surface area contributed by atoms with E-state index >= 15 is 0 Å². The highest BCUT2D eigenvalue weighted by Gasteiger charge is 2.30. The highest BCUT2D eigenvalue weighted by atomic mass is 32.2. The van der Waals surface area contributed by atoms with Crippen molar-refractivity contribution in [2.45, 2.75) is 6.61 Å². The van der Waals surface area contributed by atoms with Crippen LogP contribution in [0.1, 0.15) is 21.5 Å². The minimum absolute atomic E-state index is 0.120. The quantitative estimate of drug-likeness (QED) is 0.501. The second-order valence-corrected chi connectivity index (χ2v) is 8.18. The number of hydrogen-bond acceptors (Lipinski definition) is 5. The zero-order valence-electron chi connectivity index (χ0n) is 17.6. The Labute approximate surface area is 194 Å². The number of carboxylic acids is 1. The van der Waals surface area contributed by atoms with Gasteiger partial charge in [0.2, 0.25) is 0 Å². The summed E-state index contributed by atoms with van der Waals surface area (Å²) in [5.74, 6) is -0.967. The number of halogens is 1. The van der Waals surface area contributed by atoms with Crippen molar-refractivity contribution in [1.82, 2.24) is 4.90 Å². The lowest BCUT2D eigenvalue weighted by Gasteiger charge is -2.07. The van der Waals surface area contributed by atoms with Crippen molar-refractivity contribution in [3.63, 3.8) is 0 Å². The van der Waals surface area contributed by atoms with Gasteiger partial charge in [0.15, 0.2) is 5.17 Å². The second-order valence-electron chi connectivity index (χ2n) is 7.17. The Morgan fingerprint density at radius 2 is 1.88 bits per heavy atom. The van der Waals surface area contributed by atoms with Gasteiger partial charge in [-0.3, -0.25) is 9.69 Å². The summed E-state index contributed by atoms with van der Waals surface area (Å²) in [7, 11) is 1.62. The molecule has 0 radical (unpaired) electrons. The molecule has 33 heavy (non-hydrogen) atoms. The highest BCUT2D eigenvalue weighted by Crippen LogP contribution is 2.33. The molecule has 1 fully saturated rings. The van der Waals surface area contributed by atoms with Crippen molar-refractivity contribution in [3.05, 3.63) is 100 Å². The number of rotatable bonds is 6. The first kappa shape index (κ1) is 22.3. The lowest BCUT2D eigenvalue weighted by molar-refractivity contribution is -0.121. The summed E-state index contributed by atoms with van der Waals surface area (Å²) in [6, 6.07) is 19.8. The van der Waals surface area contributed by atoms with Crippen molar-refractivity contribution >= 4 is 40.6 Å². The van der Waals surface area contributed by atoms with Gasteiger partial charge in [-0.05, 0) is 59.8 Å². The van der Waals surface area contributed by atoms with E-state index in [4.69, 9.17) is 9.84 Å². The fourth-order valence-electron chi connectivity index (χ4n) is 3.06. The first-order chi connectivity index (χ1) is 15.9. The minimum atomic E-state index is -1.04. The molecule has 4 rings (SSSR count). The Balaban J connectivity index is 1.46. The van der Waals surface area contributed by atoms with E-state index in [-0.39, 0.29) is 23.9 Å². The number of ether oxygens (including phenoxy) is 1. The first-order valence-electron chi connectivity index (χ1n) is 9.96. The summed E-state index contributed by atoms with van der Waals surface area (Å²) < 4.78 is 19.4. The molecule has 3 aromatic rings. The molecule has 6 nitrogen and oxygen atoms in total. The molecular weight excluding hydrogens is 443 g/mol. The van der Waals surface area contributed by atoms with Gasteiger partial charge in [0, 0.05) is 12.6 Å². The summed E-state index contributed by atoms with van der Waals surface area (Å²) in [4.78, 5) is 30.2. The maximum atomic E-state index is 13.7. The predicted molar refractivity (Wildman–Crippen MR) is 126 cm³/mol. The van der Waals surface area contributed by atoms with Crippen LogP contribution in [0.15, 0.2) is 82.7 Å². The van der Waals surface area contributed by atoms with Crippen molar-refractivity contribution in [1.29, 1.82) is 0 Å². The Bertz CT molecular complexity index is 1270. The number of hydrogen-bond donors (Lipinski definition) is 1.